The Bertz CT molecular complexity index is 743. The Balaban J connectivity index is 1.84. The molecule has 2 rings (SSSR count). The lowest BCUT2D eigenvalue weighted by molar-refractivity contribution is -0.137. The SMILES string of the molecule is CCN(CC)CCSC[C@H]1CC[C@H](N(C)S(=O)(=O)c2ccc(C(F)(F)F)cc2)CC1. The summed E-state index contributed by atoms with van der Waals surface area (Å²) in [4.78, 5) is 2.32. The number of alkyl halides is 3. The summed E-state index contributed by atoms with van der Waals surface area (Å²) in [5.74, 6) is 2.82. The molecule has 0 atom stereocenters. The van der Waals surface area contributed by atoms with Crippen LogP contribution in [0.4, 0.5) is 13.2 Å². The topological polar surface area (TPSA) is 40.6 Å². The molecule has 1 aliphatic rings. The second kappa shape index (κ2) is 11.2. The molecule has 0 N–H and O–H groups in total. The van der Waals surface area contributed by atoms with Crippen molar-refractivity contribution >= 4 is 21.8 Å². The third-order valence-corrected chi connectivity index (χ3v) is 9.09. The van der Waals surface area contributed by atoms with Gasteiger partial charge in [0.1, 0.15) is 0 Å². The summed E-state index contributed by atoms with van der Waals surface area (Å²) in [6.45, 7) is 7.58. The lowest BCUT2D eigenvalue weighted by Crippen LogP contribution is -2.39. The summed E-state index contributed by atoms with van der Waals surface area (Å²) in [7, 11) is -2.26. The molecular weight excluding hydrogens is 433 g/mol. The molecule has 0 amide bonds. The molecule has 1 aliphatic carbocycles. The fraction of sp³-hybridized carbons (Fsp3) is 0.714. The maximum atomic E-state index is 12.8. The summed E-state index contributed by atoms with van der Waals surface area (Å²) in [6, 6.07) is 3.65. The lowest BCUT2D eigenvalue weighted by Gasteiger charge is -2.34. The summed E-state index contributed by atoms with van der Waals surface area (Å²) in [6.07, 6.45) is -0.934. The number of rotatable bonds is 10. The fourth-order valence-electron chi connectivity index (χ4n) is 3.84. The van der Waals surface area contributed by atoms with Gasteiger partial charge in [0.2, 0.25) is 10.0 Å². The van der Waals surface area contributed by atoms with Crippen LogP contribution in [0.25, 0.3) is 0 Å². The van der Waals surface area contributed by atoms with Gasteiger partial charge in [0, 0.05) is 25.4 Å². The molecule has 0 radical (unpaired) electrons. The van der Waals surface area contributed by atoms with Gasteiger partial charge in [0.05, 0.1) is 10.5 Å². The van der Waals surface area contributed by atoms with Crippen LogP contribution in [-0.4, -0.2) is 61.9 Å². The Morgan fingerprint density at radius 1 is 1.03 bits per heavy atom. The van der Waals surface area contributed by atoms with E-state index in [4.69, 9.17) is 0 Å². The predicted octanol–water partition coefficient (Wildman–Crippen LogP) is 4.96. The average Bonchev–Trinajstić information content (AvgIpc) is 2.73. The first-order chi connectivity index (χ1) is 14.1. The molecule has 0 saturated heterocycles. The van der Waals surface area contributed by atoms with Gasteiger partial charge in [-0.2, -0.15) is 29.2 Å². The second-order valence-electron chi connectivity index (χ2n) is 7.82. The third-order valence-electron chi connectivity index (χ3n) is 5.99. The fourth-order valence-corrected chi connectivity index (χ4v) is 6.47. The molecule has 172 valence electrons. The van der Waals surface area contributed by atoms with Crippen molar-refractivity contribution in [3.8, 4) is 0 Å². The minimum Gasteiger partial charge on any atom is -0.303 e. The zero-order valence-corrected chi connectivity index (χ0v) is 19.6. The summed E-state index contributed by atoms with van der Waals surface area (Å²) in [5.41, 5.74) is -0.844. The van der Waals surface area contributed by atoms with E-state index in [0.717, 1.165) is 81.1 Å². The zero-order valence-electron chi connectivity index (χ0n) is 18.0. The van der Waals surface area contributed by atoms with Crippen LogP contribution in [-0.2, 0) is 16.2 Å². The molecule has 0 heterocycles. The van der Waals surface area contributed by atoms with Gasteiger partial charge in [0.25, 0.3) is 0 Å². The number of hydrogen-bond acceptors (Lipinski definition) is 4. The monoisotopic (exact) mass is 466 g/mol. The van der Waals surface area contributed by atoms with E-state index < -0.39 is 21.8 Å². The third kappa shape index (κ3) is 6.87. The Morgan fingerprint density at radius 3 is 2.10 bits per heavy atom. The highest BCUT2D eigenvalue weighted by Crippen LogP contribution is 2.33. The van der Waals surface area contributed by atoms with Crippen LogP contribution in [0.5, 0.6) is 0 Å². The van der Waals surface area contributed by atoms with Gasteiger partial charge < -0.3 is 4.90 Å². The minimum absolute atomic E-state index is 0.0907. The van der Waals surface area contributed by atoms with E-state index in [1.807, 2.05) is 11.8 Å². The Hall–Kier alpha value is -0.770. The molecule has 4 nitrogen and oxygen atoms in total. The van der Waals surface area contributed by atoms with Crippen LogP contribution in [0.3, 0.4) is 0 Å². The molecular formula is C21H33F3N2O2S2. The van der Waals surface area contributed by atoms with Crippen molar-refractivity contribution < 1.29 is 21.6 Å². The van der Waals surface area contributed by atoms with E-state index in [2.05, 4.69) is 18.7 Å². The van der Waals surface area contributed by atoms with Gasteiger partial charge in [-0.15, -0.1) is 0 Å². The first-order valence-corrected chi connectivity index (χ1v) is 13.1. The first-order valence-electron chi connectivity index (χ1n) is 10.5. The number of benzene rings is 1. The molecule has 0 aliphatic heterocycles. The largest absolute Gasteiger partial charge is 0.416 e. The van der Waals surface area contributed by atoms with Crippen molar-refractivity contribution in [3.05, 3.63) is 29.8 Å². The smallest absolute Gasteiger partial charge is 0.303 e. The normalized spacial score (nSPS) is 20.8. The molecule has 1 aromatic rings. The highest BCUT2D eigenvalue weighted by molar-refractivity contribution is 7.99. The summed E-state index contributed by atoms with van der Waals surface area (Å²) in [5, 5.41) is 0. The molecule has 0 bridgehead atoms. The average molecular weight is 467 g/mol. The molecule has 1 saturated carbocycles. The molecule has 30 heavy (non-hydrogen) atoms. The Labute approximate surface area is 183 Å². The van der Waals surface area contributed by atoms with Crippen molar-refractivity contribution in [1.82, 2.24) is 9.21 Å². The number of nitrogens with zero attached hydrogens (tertiary/aromatic N) is 2. The van der Waals surface area contributed by atoms with Crippen LogP contribution in [0.1, 0.15) is 45.1 Å². The van der Waals surface area contributed by atoms with Crippen molar-refractivity contribution in [3.63, 3.8) is 0 Å². The van der Waals surface area contributed by atoms with Crippen LogP contribution in [0, 0.1) is 5.92 Å². The van der Waals surface area contributed by atoms with E-state index >= 15 is 0 Å². The van der Waals surface area contributed by atoms with Crippen LogP contribution in [0.2, 0.25) is 0 Å². The number of sulfonamides is 1. The summed E-state index contributed by atoms with van der Waals surface area (Å²) < 4.78 is 65.2. The Morgan fingerprint density at radius 2 is 1.60 bits per heavy atom. The van der Waals surface area contributed by atoms with E-state index in [1.165, 1.54) is 11.4 Å². The number of hydrogen-bond donors (Lipinski definition) is 0. The molecule has 0 spiro atoms. The van der Waals surface area contributed by atoms with Gasteiger partial charge in [-0.25, -0.2) is 8.42 Å². The van der Waals surface area contributed by atoms with Gasteiger partial charge in [-0.1, -0.05) is 13.8 Å². The summed E-state index contributed by atoms with van der Waals surface area (Å²) >= 11 is 1.97. The second-order valence-corrected chi connectivity index (χ2v) is 11.0. The van der Waals surface area contributed by atoms with Crippen molar-refractivity contribution in [1.29, 1.82) is 0 Å². The molecule has 9 heteroatoms. The van der Waals surface area contributed by atoms with Gasteiger partial charge in [-0.05, 0) is 74.7 Å². The van der Waals surface area contributed by atoms with Gasteiger partial charge in [-0.3, -0.25) is 0 Å². The van der Waals surface area contributed by atoms with E-state index in [1.54, 1.807) is 0 Å². The lowest BCUT2D eigenvalue weighted by atomic mass is 9.87. The maximum absolute atomic E-state index is 12.8. The molecule has 0 aromatic heterocycles. The molecule has 1 aromatic carbocycles. The van der Waals surface area contributed by atoms with Gasteiger partial charge >= 0.3 is 6.18 Å². The number of thioether (sulfide) groups is 1. The molecule has 1 fully saturated rings. The van der Waals surface area contributed by atoms with E-state index in [0.29, 0.717) is 5.92 Å². The van der Waals surface area contributed by atoms with E-state index in [-0.39, 0.29) is 10.9 Å². The minimum atomic E-state index is -4.48. The zero-order chi connectivity index (χ0) is 22.4. The quantitative estimate of drug-likeness (QED) is 0.457. The predicted molar refractivity (Wildman–Crippen MR) is 117 cm³/mol. The maximum Gasteiger partial charge on any atom is 0.416 e. The standard InChI is InChI=1S/C21H33F3N2O2S2/c1-4-26(5-2)14-15-29-16-17-6-10-19(11-7-17)25(3)30(27,28)20-12-8-18(9-13-20)21(22,23)24/h8-9,12-13,17,19H,4-7,10-11,14-16H2,1-3H3/t17-,19-. The van der Waals surface area contributed by atoms with E-state index in [9.17, 15) is 21.6 Å². The highest BCUT2D eigenvalue weighted by atomic mass is 32.2. The van der Waals surface area contributed by atoms with Crippen LogP contribution < -0.4 is 0 Å². The van der Waals surface area contributed by atoms with Crippen molar-refractivity contribution in [2.45, 2.75) is 56.6 Å². The van der Waals surface area contributed by atoms with Crippen LogP contribution in [0.15, 0.2) is 29.2 Å². The van der Waals surface area contributed by atoms with Crippen molar-refractivity contribution in [2.24, 2.45) is 5.92 Å². The van der Waals surface area contributed by atoms with Crippen molar-refractivity contribution in [2.75, 3.05) is 38.2 Å². The first kappa shape index (κ1) is 25.5. The van der Waals surface area contributed by atoms with Gasteiger partial charge in [0.15, 0.2) is 0 Å². The molecule has 0 unspecified atom stereocenters. The number of halogens is 3. The van der Waals surface area contributed by atoms with Crippen LogP contribution >= 0.6 is 11.8 Å². The Kier molecular flexibility index (Phi) is 9.52. The highest BCUT2D eigenvalue weighted by Gasteiger charge is 2.33.